The van der Waals surface area contributed by atoms with E-state index in [4.69, 9.17) is 17.3 Å². The quantitative estimate of drug-likeness (QED) is 0.798. The van der Waals surface area contributed by atoms with Crippen molar-refractivity contribution in [1.29, 1.82) is 0 Å². The van der Waals surface area contributed by atoms with Gasteiger partial charge in [0.1, 0.15) is 5.69 Å². The molecule has 0 saturated carbocycles. The first kappa shape index (κ1) is 12.9. The Kier molecular flexibility index (Phi) is 3.32. The molecule has 3 rings (SSSR count). The first-order chi connectivity index (χ1) is 9.69. The third kappa shape index (κ3) is 2.23. The molecule has 20 heavy (non-hydrogen) atoms. The van der Waals surface area contributed by atoms with Gasteiger partial charge in [-0.3, -0.25) is 4.98 Å². The van der Waals surface area contributed by atoms with E-state index < -0.39 is 0 Å². The minimum absolute atomic E-state index is 0.648. The molecular weight excluding hydrogens is 272 g/mol. The lowest BCUT2D eigenvalue weighted by atomic mass is 10.3. The second kappa shape index (κ2) is 5.13. The van der Waals surface area contributed by atoms with Crippen LogP contribution in [0.5, 0.6) is 0 Å². The van der Waals surface area contributed by atoms with Gasteiger partial charge in [-0.1, -0.05) is 18.5 Å². The summed E-state index contributed by atoms with van der Waals surface area (Å²) in [7, 11) is 0. The molecule has 5 heteroatoms. The normalized spacial score (nSPS) is 11.1. The average molecular weight is 287 g/mol. The number of nitrogens with zero attached hydrogens (tertiary/aromatic N) is 3. The number of imidazole rings is 1. The number of nitrogen functional groups attached to an aromatic ring is 1. The predicted octanol–water partition coefficient (Wildman–Crippen LogP) is 3.74. The molecule has 0 aliphatic heterocycles. The fraction of sp³-hybridized carbons (Fsp3) is 0.200. The molecule has 0 saturated heterocycles. The third-order valence-electron chi connectivity index (χ3n) is 3.17. The molecule has 2 heterocycles. The van der Waals surface area contributed by atoms with Gasteiger partial charge in [-0.25, -0.2) is 4.98 Å². The monoisotopic (exact) mass is 286 g/mol. The Labute approximate surface area is 122 Å². The van der Waals surface area contributed by atoms with Crippen molar-refractivity contribution in [2.75, 3.05) is 5.73 Å². The summed E-state index contributed by atoms with van der Waals surface area (Å²) >= 11 is 6.04. The van der Waals surface area contributed by atoms with Crippen molar-refractivity contribution < 1.29 is 0 Å². The molecule has 0 unspecified atom stereocenters. The van der Waals surface area contributed by atoms with Crippen LogP contribution >= 0.6 is 11.6 Å². The summed E-state index contributed by atoms with van der Waals surface area (Å²) in [5.41, 5.74) is 9.12. The Morgan fingerprint density at radius 3 is 2.80 bits per heavy atom. The van der Waals surface area contributed by atoms with Crippen LogP contribution < -0.4 is 5.73 Å². The van der Waals surface area contributed by atoms with Gasteiger partial charge in [-0.05, 0) is 36.8 Å². The fourth-order valence-corrected chi connectivity index (χ4v) is 2.45. The molecule has 0 aliphatic rings. The van der Waals surface area contributed by atoms with Gasteiger partial charge in [0.25, 0.3) is 0 Å². The molecule has 0 amide bonds. The maximum atomic E-state index is 6.04. The largest absolute Gasteiger partial charge is 0.397 e. The van der Waals surface area contributed by atoms with Crippen molar-refractivity contribution in [1.82, 2.24) is 14.5 Å². The zero-order chi connectivity index (χ0) is 14.1. The number of hydrogen-bond acceptors (Lipinski definition) is 3. The van der Waals surface area contributed by atoms with Crippen LogP contribution in [0.2, 0.25) is 5.02 Å². The van der Waals surface area contributed by atoms with Crippen molar-refractivity contribution in [2.24, 2.45) is 0 Å². The van der Waals surface area contributed by atoms with Crippen LogP contribution in [-0.4, -0.2) is 14.5 Å². The maximum absolute atomic E-state index is 6.04. The lowest BCUT2D eigenvalue weighted by molar-refractivity contribution is 0.702. The van der Waals surface area contributed by atoms with Gasteiger partial charge < -0.3 is 10.3 Å². The fourth-order valence-electron chi connectivity index (χ4n) is 2.29. The van der Waals surface area contributed by atoms with E-state index >= 15 is 0 Å². The van der Waals surface area contributed by atoms with Crippen LogP contribution in [0.3, 0.4) is 0 Å². The highest BCUT2D eigenvalue weighted by atomic mass is 35.5. The molecule has 102 valence electrons. The Morgan fingerprint density at radius 2 is 2.10 bits per heavy atom. The van der Waals surface area contributed by atoms with Gasteiger partial charge in [-0.2, -0.15) is 0 Å². The van der Waals surface area contributed by atoms with Gasteiger partial charge in [0.2, 0.25) is 0 Å². The summed E-state index contributed by atoms with van der Waals surface area (Å²) in [5.74, 6) is 0.851. The molecule has 2 aromatic heterocycles. The topological polar surface area (TPSA) is 56.7 Å². The zero-order valence-corrected chi connectivity index (χ0v) is 11.9. The number of nitrogens with two attached hydrogens (primary N) is 1. The van der Waals surface area contributed by atoms with Crippen LogP contribution in [0.25, 0.3) is 22.6 Å². The number of halogens is 1. The second-order valence-electron chi connectivity index (χ2n) is 4.70. The number of rotatable bonds is 3. The summed E-state index contributed by atoms with van der Waals surface area (Å²) in [6, 6.07) is 9.50. The van der Waals surface area contributed by atoms with E-state index in [0.717, 1.165) is 35.5 Å². The van der Waals surface area contributed by atoms with E-state index in [2.05, 4.69) is 21.5 Å². The maximum Gasteiger partial charge on any atom is 0.159 e. The number of pyridine rings is 1. The summed E-state index contributed by atoms with van der Waals surface area (Å²) in [6.45, 7) is 3.03. The van der Waals surface area contributed by atoms with E-state index in [1.54, 1.807) is 6.20 Å². The Hall–Kier alpha value is -2.07. The van der Waals surface area contributed by atoms with Crippen molar-refractivity contribution in [3.8, 4) is 11.5 Å². The highest BCUT2D eigenvalue weighted by Gasteiger charge is 2.13. The first-order valence-corrected chi connectivity index (χ1v) is 6.94. The van der Waals surface area contributed by atoms with E-state index in [1.807, 2.05) is 30.3 Å². The number of benzene rings is 1. The number of aromatic nitrogens is 3. The number of hydrogen-bond donors (Lipinski definition) is 1. The first-order valence-electron chi connectivity index (χ1n) is 6.56. The Balaban J connectivity index is 2.22. The van der Waals surface area contributed by atoms with Crippen molar-refractivity contribution in [3.63, 3.8) is 0 Å². The van der Waals surface area contributed by atoms with Crippen LogP contribution in [0, 0.1) is 0 Å². The zero-order valence-electron chi connectivity index (χ0n) is 11.2. The van der Waals surface area contributed by atoms with E-state index in [9.17, 15) is 0 Å². The molecule has 0 bridgehead atoms. The minimum Gasteiger partial charge on any atom is -0.397 e. The molecule has 2 N–H and O–H groups in total. The van der Waals surface area contributed by atoms with Crippen molar-refractivity contribution in [3.05, 3.63) is 41.6 Å². The van der Waals surface area contributed by atoms with E-state index in [-0.39, 0.29) is 0 Å². The number of anilines is 1. The summed E-state index contributed by atoms with van der Waals surface area (Å²) in [5, 5.41) is 0.690. The highest BCUT2D eigenvalue weighted by molar-refractivity contribution is 6.31. The van der Waals surface area contributed by atoms with Crippen LogP contribution in [0.15, 0.2) is 36.5 Å². The molecule has 0 fully saturated rings. The summed E-state index contributed by atoms with van der Waals surface area (Å²) in [4.78, 5) is 9.04. The molecule has 0 radical (unpaired) electrons. The molecule has 4 nitrogen and oxygen atoms in total. The Morgan fingerprint density at radius 1 is 1.25 bits per heavy atom. The molecule has 0 atom stereocenters. The van der Waals surface area contributed by atoms with Crippen LogP contribution in [0.1, 0.15) is 13.3 Å². The predicted molar refractivity (Wildman–Crippen MR) is 82.7 cm³/mol. The third-order valence-corrected chi connectivity index (χ3v) is 3.41. The SMILES string of the molecule is CCCn1c(-c2ccc(N)cn2)nc2cc(Cl)ccc21. The van der Waals surface area contributed by atoms with Gasteiger partial charge in [0.05, 0.1) is 22.9 Å². The van der Waals surface area contributed by atoms with Gasteiger partial charge in [0, 0.05) is 11.6 Å². The molecular formula is C15H15ClN4. The molecule has 0 aliphatic carbocycles. The standard InChI is InChI=1S/C15H15ClN4/c1-2-7-20-14-6-3-10(16)8-13(14)19-15(20)12-5-4-11(17)9-18-12/h3-6,8-9H,2,7,17H2,1H3. The average Bonchev–Trinajstić information content (AvgIpc) is 2.78. The summed E-state index contributed by atoms with van der Waals surface area (Å²) < 4.78 is 2.17. The smallest absolute Gasteiger partial charge is 0.159 e. The van der Waals surface area contributed by atoms with Gasteiger partial charge >= 0.3 is 0 Å². The van der Waals surface area contributed by atoms with Crippen LogP contribution in [-0.2, 0) is 6.54 Å². The number of fused-ring (bicyclic) bond motifs is 1. The number of aryl methyl sites for hydroxylation is 1. The van der Waals surface area contributed by atoms with Crippen molar-refractivity contribution >= 4 is 28.3 Å². The molecule has 1 aromatic carbocycles. The highest BCUT2D eigenvalue weighted by Crippen LogP contribution is 2.26. The van der Waals surface area contributed by atoms with Crippen LogP contribution in [0.4, 0.5) is 5.69 Å². The van der Waals surface area contributed by atoms with E-state index in [0.29, 0.717) is 10.7 Å². The second-order valence-corrected chi connectivity index (χ2v) is 5.13. The minimum atomic E-state index is 0.648. The lowest BCUT2D eigenvalue weighted by Crippen LogP contribution is -2.01. The van der Waals surface area contributed by atoms with Gasteiger partial charge in [-0.15, -0.1) is 0 Å². The Bertz CT molecular complexity index is 746. The van der Waals surface area contributed by atoms with E-state index in [1.165, 1.54) is 0 Å². The van der Waals surface area contributed by atoms with Gasteiger partial charge in [0.15, 0.2) is 5.82 Å². The van der Waals surface area contributed by atoms with Crippen molar-refractivity contribution in [2.45, 2.75) is 19.9 Å². The molecule has 0 spiro atoms. The summed E-state index contributed by atoms with van der Waals surface area (Å²) in [6.07, 6.45) is 2.67. The lowest BCUT2D eigenvalue weighted by Gasteiger charge is -2.07. The molecule has 3 aromatic rings.